The molecule has 0 bridgehead atoms. The van der Waals surface area contributed by atoms with E-state index in [1.54, 1.807) is 22.9 Å². The molecule has 0 fully saturated rings. The highest BCUT2D eigenvalue weighted by Crippen LogP contribution is 2.34. The summed E-state index contributed by atoms with van der Waals surface area (Å²) in [6.45, 7) is 4.70. The van der Waals surface area contributed by atoms with Gasteiger partial charge < -0.3 is 10.6 Å². The van der Waals surface area contributed by atoms with Gasteiger partial charge in [-0.2, -0.15) is 4.98 Å². The first-order valence-electron chi connectivity index (χ1n) is 9.09. The van der Waals surface area contributed by atoms with E-state index in [4.69, 9.17) is 5.73 Å². The minimum absolute atomic E-state index is 0.365. The molecule has 0 spiro atoms. The van der Waals surface area contributed by atoms with Gasteiger partial charge in [0.05, 0.1) is 16.8 Å². The Bertz CT molecular complexity index is 1170. The van der Waals surface area contributed by atoms with Gasteiger partial charge in [0.15, 0.2) is 5.65 Å². The van der Waals surface area contributed by atoms with Crippen molar-refractivity contribution in [3.8, 4) is 16.9 Å². The van der Waals surface area contributed by atoms with E-state index < -0.39 is 0 Å². The fraction of sp³-hybridized carbons (Fsp3) is 0.190. The second-order valence-electron chi connectivity index (χ2n) is 6.70. The lowest BCUT2D eigenvalue weighted by Gasteiger charge is -2.15. The fourth-order valence-corrected chi connectivity index (χ4v) is 3.12. The maximum Gasteiger partial charge on any atom is 0.227 e. The summed E-state index contributed by atoms with van der Waals surface area (Å²) in [4.78, 5) is 11.1. The Kier molecular flexibility index (Phi) is 4.43. The van der Waals surface area contributed by atoms with Crippen LogP contribution in [0.25, 0.3) is 28.0 Å². The number of nitrogens with two attached hydrogens (primary N) is 1. The summed E-state index contributed by atoms with van der Waals surface area (Å²) in [5, 5.41) is 5.15. The molecule has 2 aromatic carbocycles. The van der Waals surface area contributed by atoms with Crippen LogP contribution in [0.5, 0.6) is 0 Å². The van der Waals surface area contributed by atoms with Gasteiger partial charge in [0.25, 0.3) is 0 Å². The van der Waals surface area contributed by atoms with E-state index >= 15 is 0 Å². The standard InChI is InChI=1S/C21H21FN6/c1-4-27(3)21-24-18(15-10-5-6-11-16(15)22)17-19(23)28(26-20(17)25-21)14-9-7-8-13(2)12-14/h5-12H,4,23H2,1-3H3. The first-order chi connectivity index (χ1) is 13.5. The second-order valence-corrected chi connectivity index (χ2v) is 6.70. The van der Waals surface area contributed by atoms with Crippen molar-refractivity contribution < 1.29 is 4.39 Å². The number of halogens is 1. The Balaban J connectivity index is 2.05. The molecular formula is C21H21FN6. The molecule has 0 saturated heterocycles. The minimum Gasteiger partial charge on any atom is -0.383 e. The van der Waals surface area contributed by atoms with E-state index in [-0.39, 0.29) is 5.82 Å². The van der Waals surface area contributed by atoms with Gasteiger partial charge in [-0.25, -0.2) is 14.1 Å². The number of aromatic nitrogens is 4. The third-order valence-electron chi connectivity index (χ3n) is 4.75. The monoisotopic (exact) mass is 376 g/mol. The van der Waals surface area contributed by atoms with Gasteiger partial charge >= 0.3 is 0 Å². The van der Waals surface area contributed by atoms with Gasteiger partial charge in [0, 0.05) is 19.2 Å². The van der Waals surface area contributed by atoms with Gasteiger partial charge in [-0.3, -0.25) is 0 Å². The molecule has 0 saturated carbocycles. The number of nitrogen functional groups attached to an aromatic ring is 1. The van der Waals surface area contributed by atoms with Gasteiger partial charge in [0.2, 0.25) is 5.95 Å². The summed E-state index contributed by atoms with van der Waals surface area (Å²) in [6.07, 6.45) is 0. The first kappa shape index (κ1) is 17.9. The topological polar surface area (TPSA) is 72.9 Å². The smallest absolute Gasteiger partial charge is 0.227 e. The number of hydrogen-bond donors (Lipinski definition) is 1. The second kappa shape index (κ2) is 6.92. The number of nitrogens with zero attached hydrogens (tertiary/aromatic N) is 5. The zero-order valence-electron chi connectivity index (χ0n) is 16.0. The van der Waals surface area contributed by atoms with Crippen LogP contribution in [-0.4, -0.2) is 33.3 Å². The zero-order valence-corrected chi connectivity index (χ0v) is 16.0. The molecule has 0 aliphatic carbocycles. The molecule has 28 heavy (non-hydrogen) atoms. The predicted molar refractivity (Wildman–Crippen MR) is 110 cm³/mol. The quantitative estimate of drug-likeness (QED) is 0.583. The summed E-state index contributed by atoms with van der Waals surface area (Å²) in [5.74, 6) is 0.488. The van der Waals surface area contributed by atoms with Crippen LogP contribution in [0, 0.1) is 12.7 Å². The molecule has 142 valence electrons. The van der Waals surface area contributed by atoms with Gasteiger partial charge in [-0.15, -0.1) is 5.10 Å². The number of benzene rings is 2. The molecule has 2 heterocycles. The molecule has 4 rings (SSSR count). The predicted octanol–water partition coefficient (Wildman–Crippen LogP) is 3.97. The van der Waals surface area contributed by atoms with Crippen molar-refractivity contribution in [2.24, 2.45) is 0 Å². The maximum absolute atomic E-state index is 14.6. The van der Waals surface area contributed by atoms with Crippen LogP contribution in [0.15, 0.2) is 48.5 Å². The summed E-state index contributed by atoms with van der Waals surface area (Å²) < 4.78 is 16.2. The molecule has 0 unspecified atom stereocenters. The van der Waals surface area contributed by atoms with Crippen molar-refractivity contribution in [1.29, 1.82) is 0 Å². The molecule has 4 aromatic rings. The van der Waals surface area contributed by atoms with E-state index in [0.717, 1.165) is 11.3 Å². The van der Waals surface area contributed by atoms with Crippen LogP contribution in [-0.2, 0) is 0 Å². The Labute approximate surface area is 162 Å². The number of fused-ring (bicyclic) bond motifs is 1. The normalized spacial score (nSPS) is 11.1. The summed E-state index contributed by atoms with van der Waals surface area (Å²) in [6, 6.07) is 14.4. The van der Waals surface area contributed by atoms with Crippen LogP contribution >= 0.6 is 0 Å². The Morgan fingerprint density at radius 3 is 2.61 bits per heavy atom. The van der Waals surface area contributed by atoms with Crippen LogP contribution in [0.4, 0.5) is 16.2 Å². The van der Waals surface area contributed by atoms with Gasteiger partial charge in [-0.1, -0.05) is 24.3 Å². The lowest BCUT2D eigenvalue weighted by Crippen LogP contribution is -2.19. The third-order valence-corrected chi connectivity index (χ3v) is 4.75. The van der Waals surface area contributed by atoms with Crippen LogP contribution < -0.4 is 10.6 Å². The molecule has 0 aliphatic heterocycles. The molecule has 0 amide bonds. The number of aryl methyl sites for hydroxylation is 1. The third kappa shape index (κ3) is 2.94. The van der Waals surface area contributed by atoms with E-state index in [1.807, 2.05) is 50.1 Å². The highest BCUT2D eigenvalue weighted by atomic mass is 19.1. The van der Waals surface area contributed by atoms with Crippen molar-refractivity contribution >= 4 is 22.8 Å². The fourth-order valence-electron chi connectivity index (χ4n) is 3.12. The average molecular weight is 376 g/mol. The maximum atomic E-state index is 14.6. The van der Waals surface area contributed by atoms with Crippen molar-refractivity contribution in [2.75, 3.05) is 24.2 Å². The lowest BCUT2D eigenvalue weighted by molar-refractivity contribution is 0.631. The molecule has 0 aliphatic rings. The Morgan fingerprint density at radius 2 is 1.89 bits per heavy atom. The summed E-state index contributed by atoms with van der Waals surface area (Å²) in [7, 11) is 1.88. The highest BCUT2D eigenvalue weighted by molar-refractivity contribution is 5.99. The lowest BCUT2D eigenvalue weighted by atomic mass is 10.1. The Morgan fingerprint density at radius 1 is 1.11 bits per heavy atom. The highest BCUT2D eigenvalue weighted by Gasteiger charge is 2.21. The van der Waals surface area contributed by atoms with Crippen molar-refractivity contribution in [2.45, 2.75) is 13.8 Å². The molecule has 7 heteroatoms. The minimum atomic E-state index is -0.365. The van der Waals surface area contributed by atoms with Crippen LogP contribution in [0.2, 0.25) is 0 Å². The molecule has 0 radical (unpaired) electrons. The van der Waals surface area contributed by atoms with Crippen molar-refractivity contribution in [1.82, 2.24) is 19.7 Å². The van der Waals surface area contributed by atoms with E-state index in [9.17, 15) is 4.39 Å². The Hall–Kier alpha value is -3.48. The van der Waals surface area contributed by atoms with E-state index in [1.165, 1.54) is 6.07 Å². The zero-order chi connectivity index (χ0) is 19.8. The summed E-state index contributed by atoms with van der Waals surface area (Å²) in [5.41, 5.74) is 9.60. The SMILES string of the molecule is CCN(C)c1nc(-c2ccccc2F)c2c(N)n(-c3cccc(C)c3)nc2n1. The molecule has 6 nitrogen and oxygen atoms in total. The largest absolute Gasteiger partial charge is 0.383 e. The van der Waals surface area contributed by atoms with Crippen LogP contribution in [0.1, 0.15) is 12.5 Å². The van der Waals surface area contributed by atoms with Gasteiger partial charge in [0.1, 0.15) is 11.6 Å². The first-order valence-corrected chi connectivity index (χ1v) is 9.09. The number of anilines is 2. The van der Waals surface area contributed by atoms with E-state index in [2.05, 4.69) is 15.1 Å². The van der Waals surface area contributed by atoms with Crippen LogP contribution in [0.3, 0.4) is 0 Å². The molecule has 2 aromatic heterocycles. The number of hydrogen-bond acceptors (Lipinski definition) is 5. The van der Waals surface area contributed by atoms with Gasteiger partial charge in [-0.05, 0) is 43.7 Å². The average Bonchev–Trinajstić information content (AvgIpc) is 3.04. The van der Waals surface area contributed by atoms with Crippen molar-refractivity contribution in [3.63, 3.8) is 0 Å². The van der Waals surface area contributed by atoms with E-state index in [0.29, 0.717) is 40.6 Å². The summed E-state index contributed by atoms with van der Waals surface area (Å²) >= 11 is 0. The molecule has 0 atom stereocenters. The van der Waals surface area contributed by atoms with Crippen molar-refractivity contribution in [3.05, 3.63) is 59.9 Å². The molecular weight excluding hydrogens is 355 g/mol. The molecule has 2 N–H and O–H groups in total. The number of rotatable bonds is 4.